The Hall–Kier alpha value is -4.22. The third-order valence-corrected chi connectivity index (χ3v) is 7.06. The molecule has 2 aromatic heterocycles. The van der Waals surface area contributed by atoms with Gasteiger partial charge in [-0.05, 0) is 36.4 Å². The molecule has 0 atom stereocenters. The van der Waals surface area contributed by atoms with Crippen molar-refractivity contribution in [2.75, 3.05) is 14.1 Å². The largest absolute Gasteiger partial charge is 0.467 e. The molecular formula is C25H23FN4O5S. The molecule has 0 unspecified atom stereocenters. The molecule has 4 aromatic rings. The lowest BCUT2D eigenvalue weighted by Crippen LogP contribution is -2.34. The van der Waals surface area contributed by atoms with Crippen LogP contribution in [-0.2, 0) is 21.5 Å². The van der Waals surface area contributed by atoms with Gasteiger partial charge in [0, 0.05) is 31.2 Å². The van der Waals surface area contributed by atoms with E-state index in [2.05, 4.69) is 10.6 Å². The van der Waals surface area contributed by atoms with Crippen LogP contribution in [0.15, 0.2) is 83.2 Å². The molecule has 0 aliphatic carbocycles. The van der Waals surface area contributed by atoms with Crippen LogP contribution in [0.25, 0.3) is 17.0 Å². The monoisotopic (exact) mass is 510 g/mol. The molecule has 2 aromatic carbocycles. The summed E-state index contributed by atoms with van der Waals surface area (Å²) in [6.07, 6.45) is 4.16. The summed E-state index contributed by atoms with van der Waals surface area (Å²) in [5, 5.41) is 5.62. The van der Waals surface area contributed by atoms with Gasteiger partial charge in [0.2, 0.25) is 0 Å². The molecule has 0 radical (unpaired) electrons. The Morgan fingerprint density at radius 3 is 2.47 bits per heavy atom. The Balaban J connectivity index is 1.77. The molecule has 0 bridgehead atoms. The van der Waals surface area contributed by atoms with Crippen molar-refractivity contribution < 1.29 is 26.8 Å². The predicted octanol–water partition coefficient (Wildman–Crippen LogP) is 3.12. The van der Waals surface area contributed by atoms with Crippen molar-refractivity contribution in [3.63, 3.8) is 0 Å². The van der Waals surface area contributed by atoms with Crippen molar-refractivity contribution in [1.29, 1.82) is 0 Å². The topological polar surface area (TPSA) is 114 Å². The first-order valence-electron chi connectivity index (χ1n) is 10.8. The van der Waals surface area contributed by atoms with Gasteiger partial charge < -0.3 is 15.1 Å². The van der Waals surface area contributed by atoms with Crippen molar-refractivity contribution in [3.8, 4) is 0 Å². The van der Waals surface area contributed by atoms with Crippen LogP contribution >= 0.6 is 0 Å². The number of hydrogen-bond acceptors (Lipinski definition) is 5. The van der Waals surface area contributed by atoms with Crippen LogP contribution in [0, 0.1) is 5.82 Å². The van der Waals surface area contributed by atoms with E-state index in [0.29, 0.717) is 22.2 Å². The summed E-state index contributed by atoms with van der Waals surface area (Å²) < 4.78 is 47.3. The number of amides is 2. The van der Waals surface area contributed by atoms with Gasteiger partial charge in [0.1, 0.15) is 17.3 Å². The number of benzene rings is 2. The molecule has 2 amide bonds. The Labute approximate surface area is 207 Å². The Bertz CT molecular complexity index is 1560. The molecule has 0 spiro atoms. The number of hydrogen-bond donors (Lipinski definition) is 2. The van der Waals surface area contributed by atoms with Gasteiger partial charge in [-0.1, -0.05) is 30.3 Å². The number of aromatic nitrogens is 1. The molecule has 36 heavy (non-hydrogen) atoms. The second-order valence-corrected chi connectivity index (χ2v) is 9.96. The lowest BCUT2D eigenvalue weighted by atomic mass is 10.1. The zero-order valence-corrected chi connectivity index (χ0v) is 20.3. The van der Waals surface area contributed by atoms with E-state index in [1.807, 2.05) is 0 Å². The Kier molecular flexibility index (Phi) is 7.04. The third kappa shape index (κ3) is 5.07. The molecule has 0 fully saturated rings. The van der Waals surface area contributed by atoms with Crippen molar-refractivity contribution in [2.24, 2.45) is 0 Å². The zero-order chi connectivity index (χ0) is 25.9. The van der Waals surface area contributed by atoms with Gasteiger partial charge in [-0.2, -0.15) is 12.7 Å². The van der Waals surface area contributed by atoms with Crippen LogP contribution in [0.2, 0.25) is 0 Å². The smallest absolute Gasteiger partial charge is 0.307 e. The summed E-state index contributed by atoms with van der Waals surface area (Å²) in [6.45, 7) is 0.0372. The van der Waals surface area contributed by atoms with Crippen LogP contribution in [0.3, 0.4) is 0 Å². The Morgan fingerprint density at radius 1 is 1.06 bits per heavy atom. The molecule has 0 aliphatic heterocycles. The van der Waals surface area contributed by atoms with Crippen molar-refractivity contribution in [2.45, 2.75) is 6.54 Å². The molecule has 0 aliphatic rings. The van der Waals surface area contributed by atoms with Gasteiger partial charge in [0.05, 0.1) is 23.9 Å². The lowest BCUT2D eigenvalue weighted by molar-refractivity contribution is -0.118. The van der Waals surface area contributed by atoms with Crippen molar-refractivity contribution in [3.05, 3.63) is 102 Å². The van der Waals surface area contributed by atoms with E-state index in [0.717, 1.165) is 14.3 Å². The van der Waals surface area contributed by atoms with Crippen LogP contribution in [0.1, 0.15) is 21.7 Å². The van der Waals surface area contributed by atoms with Gasteiger partial charge in [0.15, 0.2) is 0 Å². The van der Waals surface area contributed by atoms with E-state index in [1.54, 1.807) is 36.4 Å². The van der Waals surface area contributed by atoms with Crippen molar-refractivity contribution in [1.82, 2.24) is 18.9 Å². The number of carbonyl (C=O) groups is 2. The molecule has 0 saturated carbocycles. The highest BCUT2D eigenvalue weighted by molar-refractivity contribution is 7.87. The van der Waals surface area contributed by atoms with Gasteiger partial charge >= 0.3 is 10.2 Å². The van der Waals surface area contributed by atoms with Gasteiger partial charge in [0.25, 0.3) is 11.8 Å². The normalized spacial score (nSPS) is 12.2. The molecular weight excluding hydrogens is 487 g/mol. The quantitative estimate of drug-likeness (QED) is 0.354. The lowest BCUT2D eigenvalue weighted by Gasteiger charge is -2.13. The SMILES string of the molecule is CN(C)S(=O)(=O)n1cc(C=C(NC(=O)c2ccccc2F)C(=O)NCc2ccco2)c2ccccc21. The molecule has 2 heterocycles. The van der Waals surface area contributed by atoms with E-state index >= 15 is 0 Å². The summed E-state index contributed by atoms with van der Waals surface area (Å²) in [4.78, 5) is 25.9. The molecule has 186 valence electrons. The third-order valence-electron chi connectivity index (χ3n) is 5.33. The molecule has 0 saturated heterocycles. The second kappa shape index (κ2) is 10.2. The zero-order valence-electron chi connectivity index (χ0n) is 19.4. The number of furan rings is 1. The number of fused-ring (bicyclic) bond motifs is 1. The standard InChI is InChI=1S/C25H23FN4O5S/c1-29(2)36(33,34)30-16-17(19-9-4-6-12-23(19)30)14-22(25(32)27-15-18-8-7-13-35-18)28-24(31)20-10-3-5-11-21(20)26/h3-14,16H,15H2,1-2H3,(H,27,32)(H,28,31). The Morgan fingerprint density at radius 2 is 1.78 bits per heavy atom. The van der Waals surface area contributed by atoms with Crippen LogP contribution in [0.4, 0.5) is 4.39 Å². The fraction of sp³-hybridized carbons (Fsp3) is 0.120. The summed E-state index contributed by atoms with van der Waals surface area (Å²) in [7, 11) is -1.07. The fourth-order valence-electron chi connectivity index (χ4n) is 3.48. The molecule has 11 heteroatoms. The number of halogens is 1. The average Bonchev–Trinajstić information content (AvgIpc) is 3.51. The number of carbonyl (C=O) groups excluding carboxylic acids is 2. The molecule has 2 N–H and O–H groups in total. The first-order valence-corrected chi connectivity index (χ1v) is 12.2. The minimum Gasteiger partial charge on any atom is -0.467 e. The minimum absolute atomic E-state index is 0.0372. The highest BCUT2D eigenvalue weighted by atomic mass is 32.2. The minimum atomic E-state index is -3.88. The predicted molar refractivity (Wildman–Crippen MR) is 132 cm³/mol. The average molecular weight is 511 g/mol. The number of nitrogens with zero attached hydrogens (tertiary/aromatic N) is 2. The summed E-state index contributed by atoms with van der Waals surface area (Å²) in [6, 6.07) is 15.4. The fourth-order valence-corrected chi connectivity index (χ4v) is 4.49. The van der Waals surface area contributed by atoms with Gasteiger partial charge in [-0.3, -0.25) is 9.59 Å². The summed E-state index contributed by atoms with van der Waals surface area (Å²) in [5.41, 5.74) is 0.279. The summed E-state index contributed by atoms with van der Waals surface area (Å²) >= 11 is 0. The number of para-hydroxylation sites is 1. The number of rotatable bonds is 8. The maximum absolute atomic E-state index is 14.2. The first-order chi connectivity index (χ1) is 17.2. The van der Waals surface area contributed by atoms with E-state index in [9.17, 15) is 22.4 Å². The first kappa shape index (κ1) is 24.9. The van der Waals surface area contributed by atoms with E-state index in [-0.39, 0.29) is 17.8 Å². The number of nitrogens with one attached hydrogen (secondary N) is 2. The van der Waals surface area contributed by atoms with E-state index in [1.165, 1.54) is 50.8 Å². The highest BCUT2D eigenvalue weighted by Gasteiger charge is 2.22. The maximum atomic E-state index is 14.2. The van der Waals surface area contributed by atoms with E-state index in [4.69, 9.17) is 4.42 Å². The van der Waals surface area contributed by atoms with Crippen LogP contribution in [-0.4, -0.2) is 42.6 Å². The van der Waals surface area contributed by atoms with Gasteiger partial charge in [-0.25, -0.2) is 8.36 Å². The van der Waals surface area contributed by atoms with Gasteiger partial charge in [-0.15, -0.1) is 0 Å². The maximum Gasteiger partial charge on any atom is 0.307 e. The van der Waals surface area contributed by atoms with Crippen molar-refractivity contribution >= 4 is 39.0 Å². The molecule has 9 nitrogen and oxygen atoms in total. The second-order valence-electron chi connectivity index (χ2n) is 7.94. The summed E-state index contributed by atoms with van der Waals surface area (Å²) in [5.74, 6) is -1.78. The van der Waals surface area contributed by atoms with E-state index < -0.39 is 27.8 Å². The van der Waals surface area contributed by atoms with Crippen LogP contribution in [0.5, 0.6) is 0 Å². The highest BCUT2D eigenvalue weighted by Crippen LogP contribution is 2.25. The molecule has 4 rings (SSSR count). The van der Waals surface area contributed by atoms with Crippen LogP contribution < -0.4 is 10.6 Å².